The first-order valence-electron chi connectivity index (χ1n) is 17.8. The van der Waals surface area contributed by atoms with Crippen LogP contribution in [0.25, 0.3) is 0 Å². The van der Waals surface area contributed by atoms with Gasteiger partial charge in [0, 0.05) is 31.1 Å². The average molecular weight is 683 g/mol. The smallest absolute Gasteiger partial charge is 0.408 e. The molecule has 3 aromatic rings. The number of imide groups is 1. The summed E-state index contributed by atoms with van der Waals surface area (Å²) in [5.74, 6) is -0.910. The minimum Gasteiger partial charge on any atom is -0.445 e. The van der Waals surface area contributed by atoms with E-state index in [0.717, 1.165) is 46.8 Å². The number of hydrogen-bond donors (Lipinski definition) is 2. The minimum absolute atomic E-state index is 0.0168. The Balaban J connectivity index is 1.02. The van der Waals surface area contributed by atoms with E-state index in [-0.39, 0.29) is 31.8 Å². The molecule has 0 aliphatic carbocycles. The highest BCUT2D eigenvalue weighted by atomic mass is 16.7. The van der Waals surface area contributed by atoms with Crippen LogP contribution in [0, 0.1) is 0 Å². The Morgan fingerprint density at radius 1 is 0.840 bits per heavy atom. The van der Waals surface area contributed by atoms with Gasteiger partial charge in [-0.15, -0.1) is 0 Å². The molecule has 4 heterocycles. The van der Waals surface area contributed by atoms with E-state index in [9.17, 15) is 19.5 Å². The second-order valence-electron chi connectivity index (χ2n) is 13.8. The van der Waals surface area contributed by atoms with E-state index in [1.807, 2.05) is 66.7 Å². The Morgan fingerprint density at radius 2 is 1.58 bits per heavy atom. The minimum atomic E-state index is -1.01. The van der Waals surface area contributed by atoms with E-state index in [2.05, 4.69) is 15.1 Å². The predicted molar refractivity (Wildman–Crippen MR) is 186 cm³/mol. The first-order chi connectivity index (χ1) is 24.4. The van der Waals surface area contributed by atoms with Crippen LogP contribution in [-0.4, -0.2) is 83.7 Å². The fraction of sp³-hybridized carbons (Fsp3) is 0.462. The lowest BCUT2D eigenvalue weighted by atomic mass is 9.99. The number of aliphatic hydroxyl groups excluding tert-OH is 1. The van der Waals surface area contributed by atoms with E-state index < -0.39 is 30.2 Å². The van der Waals surface area contributed by atoms with Crippen molar-refractivity contribution in [1.29, 1.82) is 0 Å². The molecule has 11 nitrogen and oxygen atoms in total. The molecule has 1 unspecified atom stereocenters. The van der Waals surface area contributed by atoms with Gasteiger partial charge in [0.15, 0.2) is 6.29 Å². The van der Waals surface area contributed by atoms with Crippen molar-refractivity contribution in [1.82, 2.24) is 15.1 Å². The first kappa shape index (κ1) is 34.3. The zero-order valence-corrected chi connectivity index (χ0v) is 28.3. The van der Waals surface area contributed by atoms with Gasteiger partial charge in [0.2, 0.25) is 5.91 Å². The number of carbonyl (C=O) groups excluding carboxylic acids is 3. The number of likely N-dealkylation sites (tertiary alicyclic amines) is 2. The van der Waals surface area contributed by atoms with Gasteiger partial charge in [0.1, 0.15) is 12.6 Å². The standard InChI is InChI=1S/C39H46N4O7/c44-25-27-10-12-29(13-11-27)35-21-33(24-42-20-6-9-32(42)23-41-18-4-5-19-41)49-38(50-35)30-14-16-31(17-15-30)43-36(45)22-34(37(43)46)40-39(47)48-26-28-7-2-1-3-8-28/h1-3,7-8,10-17,32-35,38,44H,4-6,9,18-26H2,(H,40,47)/t32-,33+,34?,35-,38-/m0/s1. The van der Waals surface area contributed by atoms with Gasteiger partial charge in [0.25, 0.3) is 5.91 Å². The fourth-order valence-electron chi connectivity index (χ4n) is 7.60. The Morgan fingerprint density at radius 3 is 2.32 bits per heavy atom. The number of benzene rings is 3. The number of ether oxygens (including phenoxy) is 3. The second kappa shape index (κ2) is 15.8. The van der Waals surface area contributed by atoms with Crippen molar-refractivity contribution in [3.05, 3.63) is 101 Å². The third-order valence-corrected chi connectivity index (χ3v) is 10.3. The summed E-state index contributed by atoms with van der Waals surface area (Å²) in [5.41, 5.74) is 3.89. The maximum atomic E-state index is 13.3. The van der Waals surface area contributed by atoms with Gasteiger partial charge in [-0.05, 0) is 74.1 Å². The van der Waals surface area contributed by atoms with Crippen LogP contribution in [0.15, 0.2) is 78.9 Å². The molecule has 0 bridgehead atoms. The van der Waals surface area contributed by atoms with Crippen molar-refractivity contribution < 1.29 is 33.7 Å². The highest BCUT2D eigenvalue weighted by molar-refractivity contribution is 6.22. The van der Waals surface area contributed by atoms with Gasteiger partial charge >= 0.3 is 6.09 Å². The van der Waals surface area contributed by atoms with E-state index in [0.29, 0.717) is 18.2 Å². The van der Waals surface area contributed by atoms with E-state index >= 15 is 0 Å². The quantitative estimate of drug-likeness (QED) is 0.274. The van der Waals surface area contributed by atoms with Crippen LogP contribution >= 0.6 is 0 Å². The molecule has 4 aliphatic heterocycles. The molecule has 264 valence electrons. The number of alkyl carbamates (subject to hydrolysis) is 1. The maximum absolute atomic E-state index is 13.3. The lowest BCUT2D eigenvalue weighted by Crippen LogP contribution is -2.45. The molecule has 0 spiro atoms. The molecule has 11 heteroatoms. The Kier molecular flexibility index (Phi) is 10.9. The number of nitrogens with one attached hydrogen (secondary N) is 1. The molecule has 0 saturated carbocycles. The van der Waals surface area contributed by atoms with Crippen molar-refractivity contribution in [2.24, 2.45) is 0 Å². The maximum Gasteiger partial charge on any atom is 0.408 e. The van der Waals surface area contributed by atoms with Gasteiger partial charge in [-0.3, -0.25) is 14.5 Å². The average Bonchev–Trinajstić information content (AvgIpc) is 3.89. The van der Waals surface area contributed by atoms with Gasteiger partial charge in [-0.1, -0.05) is 66.7 Å². The first-order valence-corrected chi connectivity index (χ1v) is 17.8. The molecule has 0 radical (unpaired) electrons. The molecular weight excluding hydrogens is 636 g/mol. The number of carbonyl (C=O) groups is 3. The van der Waals surface area contributed by atoms with Crippen LogP contribution in [0.4, 0.5) is 10.5 Å². The molecule has 4 fully saturated rings. The van der Waals surface area contributed by atoms with Crippen LogP contribution in [0.3, 0.4) is 0 Å². The lowest BCUT2D eigenvalue weighted by Gasteiger charge is -2.39. The van der Waals surface area contributed by atoms with Crippen LogP contribution in [0.1, 0.15) is 73.2 Å². The van der Waals surface area contributed by atoms with Crippen molar-refractivity contribution >= 4 is 23.6 Å². The molecule has 3 amide bonds. The van der Waals surface area contributed by atoms with Crippen molar-refractivity contribution in [3.8, 4) is 0 Å². The van der Waals surface area contributed by atoms with Crippen molar-refractivity contribution in [2.75, 3.05) is 37.6 Å². The fourth-order valence-corrected chi connectivity index (χ4v) is 7.60. The number of anilines is 1. The summed E-state index contributed by atoms with van der Waals surface area (Å²) in [4.78, 5) is 44.9. The molecule has 50 heavy (non-hydrogen) atoms. The molecule has 4 aliphatic rings. The van der Waals surface area contributed by atoms with Crippen LogP contribution in [0.5, 0.6) is 0 Å². The Hall–Kier alpha value is -4.13. The van der Waals surface area contributed by atoms with Crippen LogP contribution in [0.2, 0.25) is 0 Å². The zero-order valence-electron chi connectivity index (χ0n) is 28.3. The summed E-state index contributed by atoms with van der Waals surface area (Å²) >= 11 is 0. The summed E-state index contributed by atoms with van der Waals surface area (Å²) in [6, 6.07) is 23.7. The number of hydrogen-bond acceptors (Lipinski definition) is 9. The lowest BCUT2D eigenvalue weighted by molar-refractivity contribution is -0.253. The van der Waals surface area contributed by atoms with E-state index in [4.69, 9.17) is 14.2 Å². The van der Waals surface area contributed by atoms with Crippen LogP contribution in [-0.2, 0) is 37.0 Å². The summed E-state index contributed by atoms with van der Waals surface area (Å²) in [7, 11) is 0. The molecule has 0 aromatic heterocycles. The Labute approximate surface area is 293 Å². The third kappa shape index (κ3) is 8.08. The highest BCUT2D eigenvalue weighted by Crippen LogP contribution is 2.39. The summed E-state index contributed by atoms with van der Waals surface area (Å²) in [5, 5.41) is 12.1. The highest BCUT2D eigenvalue weighted by Gasteiger charge is 2.41. The Bertz CT molecular complexity index is 1610. The normalized spacial score (nSPS) is 26.1. The van der Waals surface area contributed by atoms with Crippen molar-refractivity contribution in [2.45, 2.75) is 82.3 Å². The molecule has 5 atom stereocenters. The SMILES string of the molecule is O=C(NC1CC(=O)N(c2ccc([C@H]3O[C@@H](CN4CCC[C@H]4CN4CCCC4)C[C@@H](c4ccc(CO)cc4)O3)cc2)C1=O)OCc1ccccc1. The largest absolute Gasteiger partial charge is 0.445 e. The van der Waals surface area contributed by atoms with Gasteiger partial charge in [0.05, 0.1) is 30.9 Å². The third-order valence-electron chi connectivity index (χ3n) is 10.3. The molecule has 7 rings (SSSR count). The van der Waals surface area contributed by atoms with E-state index in [1.165, 1.54) is 38.8 Å². The number of aliphatic hydroxyl groups is 1. The predicted octanol–water partition coefficient (Wildman–Crippen LogP) is 4.84. The number of rotatable bonds is 11. The number of nitrogens with zero attached hydrogens (tertiary/aromatic N) is 3. The molecule has 3 aromatic carbocycles. The topological polar surface area (TPSA) is 121 Å². The van der Waals surface area contributed by atoms with Crippen molar-refractivity contribution in [3.63, 3.8) is 0 Å². The molecule has 4 saturated heterocycles. The van der Waals surface area contributed by atoms with Gasteiger partial charge in [-0.25, -0.2) is 9.69 Å². The van der Waals surface area contributed by atoms with Gasteiger partial charge in [-0.2, -0.15) is 0 Å². The summed E-state index contributed by atoms with van der Waals surface area (Å²) < 4.78 is 18.5. The summed E-state index contributed by atoms with van der Waals surface area (Å²) in [6.45, 7) is 5.42. The number of amides is 3. The summed E-state index contributed by atoms with van der Waals surface area (Å²) in [6.07, 6.45) is 3.85. The van der Waals surface area contributed by atoms with Crippen LogP contribution < -0.4 is 10.2 Å². The van der Waals surface area contributed by atoms with Gasteiger partial charge < -0.3 is 29.5 Å². The molecular formula is C39H46N4O7. The van der Waals surface area contributed by atoms with E-state index in [1.54, 1.807) is 12.1 Å². The molecule has 2 N–H and O–H groups in total. The monoisotopic (exact) mass is 682 g/mol. The zero-order chi connectivity index (χ0) is 34.5. The second-order valence-corrected chi connectivity index (χ2v) is 13.8.